The molecular formula is C20H17BrN2O3. The highest BCUT2D eigenvalue weighted by atomic mass is 79.9. The van der Waals surface area contributed by atoms with E-state index in [0.717, 1.165) is 20.8 Å². The molecule has 0 aliphatic heterocycles. The van der Waals surface area contributed by atoms with Crippen molar-refractivity contribution < 1.29 is 14.3 Å². The van der Waals surface area contributed by atoms with E-state index in [2.05, 4.69) is 26.8 Å². The standard InChI is InChI=1S/C20H17BrN2O3/c1-13-11-15(9-10-18(13)21)26-12-19(24)22-23-20(25)17-8-4-6-14-5-2-3-7-16(14)17/h2-11H,12H2,1H3,(H,22,24)(H,23,25). The summed E-state index contributed by atoms with van der Waals surface area (Å²) in [6, 6.07) is 18.5. The Morgan fingerprint density at radius 1 is 1.00 bits per heavy atom. The molecule has 0 atom stereocenters. The fourth-order valence-corrected chi connectivity index (χ4v) is 2.76. The monoisotopic (exact) mass is 412 g/mol. The average molecular weight is 413 g/mol. The molecule has 0 spiro atoms. The third-order valence-corrected chi connectivity index (χ3v) is 4.74. The fourth-order valence-electron chi connectivity index (χ4n) is 2.51. The van der Waals surface area contributed by atoms with E-state index >= 15 is 0 Å². The van der Waals surface area contributed by atoms with Crippen LogP contribution in [0.4, 0.5) is 0 Å². The van der Waals surface area contributed by atoms with Crippen LogP contribution in [-0.2, 0) is 4.79 Å². The van der Waals surface area contributed by atoms with Gasteiger partial charge in [-0.25, -0.2) is 0 Å². The maximum Gasteiger partial charge on any atom is 0.276 e. The van der Waals surface area contributed by atoms with Crippen LogP contribution in [0.2, 0.25) is 0 Å². The van der Waals surface area contributed by atoms with E-state index in [1.807, 2.05) is 49.4 Å². The molecule has 0 radical (unpaired) electrons. The summed E-state index contributed by atoms with van der Waals surface area (Å²) in [6.07, 6.45) is 0. The van der Waals surface area contributed by atoms with Gasteiger partial charge in [-0.3, -0.25) is 20.4 Å². The lowest BCUT2D eigenvalue weighted by molar-refractivity contribution is -0.123. The van der Waals surface area contributed by atoms with Crippen molar-refractivity contribution in [1.29, 1.82) is 0 Å². The highest BCUT2D eigenvalue weighted by molar-refractivity contribution is 9.10. The zero-order chi connectivity index (χ0) is 18.5. The van der Waals surface area contributed by atoms with Crippen molar-refractivity contribution in [2.75, 3.05) is 6.61 Å². The number of ether oxygens (including phenoxy) is 1. The van der Waals surface area contributed by atoms with Gasteiger partial charge >= 0.3 is 0 Å². The first-order valence-electron chi connectivity index (χ1n) is 8.00. The normalized spacial score (nSPS) is 10.4. The molecule has 3 aromatic carbocycles. The Morgan fingerprint density at radius 3 is 2.58 bits per heavy atom. The molecule has 0 bridgehead atoms. The van der Waals surface area contributed by atoms with Gasteiger partial charge in [-0.1, -0.05) is 52.3 Å². The molecule has 2 amide bonds. The first kappa shape index (κ1) is 17.9. The maximum atomic E-state index is 12.3. The van der Waals surface area contributed by atoms with Crippen LogP contribution in [0.5, 0.6) is 5.75 Å². The van der Waals surface area contributed by atoms with Crippen LogP contribution in [0.15, 0.2) is 65.1 Å². The molecule has 132 valence electrons. The Morgan fingerprint density at radius 2 is 1.77 bits per heavy atom. The van der Waals surface area contributed by atoms with Gasteiger partial charge in [-0.05, 0) is 47.5 Å². The summed E-state index contributed by atoms with van der Waals surface area (Å²) < 4.78 is 6.40. The van der Waals surface area contributed by atoms with Crippen LogP contribution in [0.25, 0.3) is 10.8 Å². The minimum atomic E-state index is -0.445. The van der Waals surface area contributed by atoms with E-state index < -0.39 is 5.91 Å². The first-order chi connectivity index (χ1) is 12.5. The Kier molecular flexibility index (Phi) is 5.53. The Labute approximate surface area is 159 Å². The SMILES string of the molecule is Cc1cc(OCC(=O)NNC(=O)c2cccc3ccccc23)ccc1Br. The quantitative estimate of drug-likeness (QED) is 0.641. The van der Waals surface area contributed by atoms with Crippen LogP contribution in [0.1, 0.15) is 15.9 Å². The highest BCUT2D eigenvalue weighted by Crippen LogP contribution is 2.21. The molecule has 0 aliphatic rings. The minimum absolute atomic E-state index is 0.198. The largest absolute Gasteiger partial charge is 0.484 e. The number of aryl methyl sites for hydroxylation is 1. The van der Waals surface area contributed by atoms with E-state index in [4.69, 9.17) is 4.74 Å². The van der Waals surface area contributed by atoms with Gasteiger partial charge in [-0.15, -0.1) is 0 Å². The minimum Gasteiger partial charge on any atom is -0.484 e. The molecule has 0 saturated carbocycles. The van der Waals surface area contributed by atoms with Crippen molar-refractivity contribution >= 4 is 38.5 Å². The van der Waals surface area contributed by atoms with Crippen molar-refractivity contribution in [3.05, 3.63) is 76.3 Å². The summed E-state index contributed by atoms with van der Waals surface area (Å²) in [5.41, 5.74) is 6.29. The van der Waals surface area contributed by atoms with Crippen molar-refractivity contribution in [2.45, 2.75) is 6.92 Å². The highest BCUT2D eigenvalue weighted by Gasteiger charge is 2.11. The predicted molar refractivity (Wildman–Crippen MR) is 104 cm³/mol. The van der Waals surface area contributed by atoms with Crippen molar-refractivity contribution in [2.24, 2.45) is 0 Å². The van der Waals surface area contributed by atoms with E-state index in [9.17, 15) is 9.59 Å². The molecule has 0 aliphatic carbocycles. The smallest absolute Gasteiger partial charge is 0.276 e. The van der Waals surface area contributed by atoms with Crippen molar-refractivity contribution in [3.8, 4) is 5.75 Å². The molecule has 3 rings (SSSR count). The van der Waals surface area contributed by atoms with Crippen LogP contribution < -0.4 is 15.6 Å². The van der Waals surface area contributed by atoms with Gasteiger partial charge in [-0.2, -0.15) is 0 Å². The molecular weight excluding hydrogens is 396 g/mol. The Balaban J connectivity index is 1.57. The molecule has 3 aromatic rings. The van der Waals surface area contributed by atoms with E-state index in [0.29, 0.717) is 11.3 Å². The van der Waals surface area contributed by atoms with Crippen molar-refractivity contribution in [3.63, 3.8) is 0 Å². The summed E-state index contributed by atoms with van der Waals surface area (Å²) in [5, 5.41) is 1.78. The van der Waals surface area contributed by atoms with Crippen LogP contribution in [0, 0.1) is 6.92 Å². The summed E-state index contributed by atoms with van der Waals surface area (Å²) >= 11 is 3.41. The summed E-state index contributed by atoms with van der Waals surface area (Å²) in [4.78, 5) is 24.3. The second-order valence-electron chi connectivity index (χ2n) is 5.73. The van der Waals surface area contributed by atoms with Gasteiger partial charge in [0.1, 0.15) is 5.75 Å². The third kappa shape index (κ3) is 4.21. The van der Waals surface area contributed by atoms with Crippen molar-refractivity contribution in [1.82, 2.24) is 10.9 Å². The zero-order valence-electron chi connectivity index (χ0n) is 14.1. The van der Waals surface area contributed by atoms with Gasteiger partial charge in [0, 0.05) is 10.0 Å². The van der Waals surface area contributed by atoms with E-state index in [1.165, 1.54) is 0 Å². The maximum absolute atomic E-state index is 12.3. The molecule has 0 unspecified atom stereocenters. The second-order valence-corrected chi connectivity index (χ2v) is 6.58. The molecule has 2 N–H and O–H groups in total. The summed E-state index contributed by atoms with van der Waals surface area (Å²) in [5.74, 6) is -0.241. The fraction of sp³-hybridized carbons (Fsp3) is 0.100. The van der Waals surface area contributed by atoms with Crippen LogP contribution in [0.3, 0.4) is 0 Å². The zero-order valence-corrected chi connectivity index (χ0v) is 15.7. The molecule has 0 fully saturated rings. The third-order valence-electron chi connectivity index (χ3n) is 3.85. The Bertz CT molecular complexity index is 967. The number of halogens is 1. The number of benzene rings is 3. The summed E-state index contributed by atoms with van der Waals surface area (Å²) in [7, 11) is 0. The number of amides is 2. The molecule has 6 heteroatoms. The van der Waals surface area contributed by atoms with Gasteiger partial charge in [0.05, 0.1) is 0 Å². The number of hydrogen-bond donors (Lipinski definition) is 2. The average Bonchev–Trinajstić information content (AvgIpc) is 2.66. The second kappa shape index (κ2) is 8.01. The van der Waals surface area contributed by atoms with E-state index in [-0.39, 0.29) is 12.5 Å². The molecule has 0 aromatic heterocycles. The molecule has 5 nitrogen and oxygen atoms in total. The van der Waals surface area contributed by atoms with E-state index in [1.54, 1.807) is 18.2 Å². The number of hydrogen-bond acceptors (Lipinski definition) is 3. The number of hydrazine groups is 1. The lowest BCUT2D eigenvalue weighted by atomic mass is 10.0. The Hall–Kier alpha value is -2.86. The number of fused-ring (bicyclic) bond motifs is 1. The predicted octanol–water partition coefficient (Wildman–Crippen LogP) is 3.75. The summed E-state index contributed by atoms with van der Waals surface area (Å²) in [6.45, 7) is 1.73. The van der Waals surface area contributed by atoms with Gasteiger partial charge in [0.15, 0.2) is 6.61 Å². The number of carbonyl (C=O) groups excluding carboxylic acids is 2. The van der Waals surface area contributed by atoms with Crippen LogP contribution in [-0.4, -0.2) is 18.4 Å². The lowest BCUT2D eigenvalue weighted by Crippen LogP contribution is -2.43. The number of rotatable bonds is 4. The first-order valence-corrected chi connectivity index (χ1v) is 8.80. The van der Waals surface area contributed by atoms with Crippen LogP contribution >= 0.6 is 15.9 Å². The molecule has 26 heavy (non-hydrogen) atoms. The lowest BCUT2D eigenvalue weighted by Gasteiger charge is -2.11. The van der Waals surface area contributed by atoms with Gasteiger partial charge < -0.3 is 4.74 Å². The number of nitrogens with one attached hydrogen (secondary N) is 2. The van der Waals surface area contributed by atoms with Gasteiger partial charge in [0.25, 0.3) is 11.8 Å². The molecule has 0 saturated heterocycles. The van der Waals surface area contributed by atoms with Gasteiger partial charge in [0.2, 0.25) is 0 Å². The molecule has 0 heterocycles. The number of carbonyl (C=O) groups is 2. The topological polar surface area (TPSA) is 67.4 Å².